The van der Waals surface area contributed by atoms with Gasteiger partial charge in [-0.1, -0.05) is 61.5 Å². The molecule has 0 saturated carbocycles. The van der Waals surface area contributed by atoms with Gasteiger partial charge in [-0.05, 0) is 56.3 Å². The predicted molar refractivity (Wildman–Crippen MR) is 125 cm³/mol. The van der Waals surface area contributed by atoms with Crippen molar-refractivity contribution in [2.45, 2.75) is 45.1 Å². The maximum atomic E-state index is 12.3. The molecule has 0 saturated heterocycles. The number of imide groups is 1. The van der Waals surface area contributed by atoms with Crippen molar-refractivity contribution < 1.29 is 9.59 Å². The first kappa shape index (κ1) is 24.4. The summed E-state index contributed by atoms with van der Waals surface area (Å²) < 4.78 is 0. The van der Waals surface area contributed by atoms with Gasteiger partial charge in [0, 0.05) is 18.1 Å². The van der Waals surface area contributed by atoms with Crippen LogP contribution < -0.4 is 0 Å². The summed E-state index contributed by atoms with van der Waals surface area (Å²) in [4.78, 5) is 28.4. The van der Waals surface area contributed by atoms with Crippen LogP contribution in [0.2, 0.25) is 5.02 Å². The monoisotopic (exact) mass is 448 g/mol. The van der Waals surface area contributed by atoms with E-state index in [0.717, 1.165) is 37.4 Å². The summed E-state index contributed by atoms with van der Waals surface area (Å²) in [5.41, 5.74) is 2.33. The van der Waals surface area contributed by atoms with Crippen molar-refractivity contribution in [3.63, 3.8) is 0 Å². The quantitative estimate of drug-likeness (QED) is 0.320. The molecule has 2 aromatic rings. The molecule has 0 aromatic heterocycles. The lowest BCUT2D eigenvalue weighted by Crippen LogP contribution is -2.30. The lowest BCUT2D eigenvalue weighted by atomic mass is 10.1. The molecular formula is C24H30Cl2N2O2. The molecule has 0 fully saturated rings. The molecule has 2 aromatic carbocycles. The summed E-state index contributed by atoms with van der Waals surface area (Å²) in [6.07, 6.45) is 6.63. The number of carbonyl (C=O) groups is 2. The lowest BCUT2D eigenvalue weighted by Gasteiger charge is -2.16. The molecule has 0 aliphatic carbocycles. The van der Waals surface area contributed by atoms with Crippen LogP contribution in [0, 0.1) is 0 Å². The summed E-state index contributed by atoms with van der Waals surface area (Å²) in [5.74, 6) is -0.290. The number of hydrogen-bond acceptors (Lipinski definition) is 3. The molecule has 162 valence electrons. The van der Waals surface area contributed by atoms with Crippen LogP contribution in [0.3, 0.4) is 0 Å². The van der Waals surface area contributed by atoms with E-state index in [1.54, 1.807) is 24.3 Å². The molecule has 0 N–H and O–H groups in total. The van der Waals surface area contributed by atoms with Crippen molar-refractivity contribution in [3.8, 4) is 0 Å². The summed E-state index contributed by atoms with van der Waals surface area (Å²) in [6, 6.07) is 15.1. The summed E-state index contributed by atoms with van der Waals surface area (Å²) >= 11 is 6.04. The molecule has 3 rings (SSSR count). The van der Waals surface area contributed by atoms with Gasteiger partial charge in [0.25, 0.3) is 11.8 Å². The van der Waals surface area contributed by atoms with Gasteiger partial charge in [-0.2, -0.15) is 0 Å². The van der Waals surface area contributed by atoms with Crippen LogP contribution in [0.5, 0.6) is 0 Å². The van der Waals surface area contributed by atoms with Gasteiger partial charge in [-0.15, -0.1) is 12.4 Å². The van der Waals surface area contributed by atoms with Crippen LogP contribution in [0.1, 0.15) is 64.8 Å². The average molecular weight is 449 g/mol. The maximum absolute atomic E-state index is 12.3. The third kappa shape index (κ3) is 6.56. The molecule has 0 unspecified atom stereocenters. The number of unbranched alkanes of at least 4 members (excludes halogenated alkanes) is 5. The Morgan fingerprint density at radius 3 is 2.07 bits per heavy atom. The van der Waals surface area contributed by atoms with Gasteiger partial charge < -0.3 is 4.90 Å². The highest BCUT2D eigenvalue weighted by molar-refractivity contribution is 6.30. The van der Waals surface area contributed by atoms with Gasteiger partial charge in [0.1, 0.15) is 0 Å². The fraction of sp³-hybridized carbons (Fsp3) is 0.417. The number of rotatable bonds is 11. The Morgan fingerprint density at radius 2 is 1.43 bits per heavy atom. The van der Waals surface area contributed by atoms with Gasteiger partial charge in [-0.3, -0.25) is 14.5 Å². The smallest absolute Gasteiger partial charge is 0.261 e. The maximum Gasteiger partial charge on any atom is 0.261 e. The number of carbonyl (C=O) groups excluding carboxylic acids is 2. The Kier molecular flexibility index (Phi) is 9.83. The highest BCUT2D eigenvalue weighted by atomic mass is 35.5. The van der Waals surface area contributed by atoms with Crippen LogP contribution in [0.15, 0.2) is 48.5 Å². The normalized spacial score (nSPS) is 13.0. The molecule has 1 aliphatic rings. The molecule has 2 amide bonds. The van der Waals surface area contributed by atoms with Gasteiger partial charge in [-0.25, -0.2) is 0 Å². The van der Waals surface area contributed by atoms with E-state index in [1.165, 1.54) is 29.7 Å². The number of amides is 2. The van der Waals surface area contributed by atoms with E-state index >= 15 is 0 Å². The minimum Gasteiger partial charge on any atom is -0.302 e. The van der Waals surface area contributed by atoms with Gasteiger partial charge >= 0.3 is 0 Å². The zero-order valence-electron chi connectivity index (χ0n) is 17.5. The zero-order valence-corrected chi connectivity index (χ0v) is 19.1. The topological polar surface area (TPSA) is 40.6 Å². The second kappa shape index (κ2) is 12.1. The Hall–Kier alpha value is -1.88. The van der Waals surface area contributed by atoms with Gasteiger partial charge in [0.05, 0.1) is 11.1 Å². The lowest BCUT2D eigenvalue weighted by molar-refractivity contribution is 0.0651. The van der Waals surface area contributed by atoms with Crippen LogP contribution in [0.25, 0.3) is 0 Å². The molecule has 1 aliphatic heterocycles. The fourth-order valence-corrected chi connectivity index (χ4v) is 4.04. The number of benzene rings is 2. The van der Waals surface area contributed by atoms with Crippen molar-refractivity contribution >= 4 is 35.8 Å². The molecule has 1 heterocycles. The highest BCUT2D eigenvalue weighted by Crippen LogP contribution is 2.23. The Bertz CT molecular complexity index is 822. The number of nitrogens with zero attached hydrogens (tertiary/aromatic N) is 2. The van der Waals surface area contributed by atoms with E-state index in [2.05, 4.69) is 18.0 Å². The minimum atomic E-state index is -0.145. The molecule has 4 nitrogen and oxygen atoms in total. The number of fused-ring (bicyclic) bond motifs is 1. The summed E-state index contributed by atoms with van der Waals surface area (Å²) in [7, 11) is 2.14. The van der Waals surface area contributed by atoms with E-state index in [-0.39, 0.29) is 24.2 Å². The second-order valence-corrected chi connectivity index (χ2v) is 8.23. The van der Waals surface area contributed by atoms with Crippen molar-refractivity contribution in [2.75, 3.05) is 20.1 Å². The average Bonchev–Trinajstić information content (AvgIpc) is 2.95. The predicted octanol–water partition coefficient (Wildman–Crippen LogP) is 5.83. The van der Waals surface area contributed by atoms with Crippen LogP contribution in [-0.2, 0) is 6.54 Å². The largest absolute Gasteiger partial charge is 0.302 e. The molecule has 0 spiro atoms. The van der Waals surface area contributed by atoms with E-state index in [1.807, 2.05) is 18.2 Å². The van der Waals surface area contributed by atoms with E-state index in [4.69, 9.17) is 11.6 Å². The van der Waals surface area contributed by atoms with Crippen LogP contribution >= 0.6 is 24.0 Å². The standard InChI is InChI=1S/C24H29ClN2O2.ClH/c1-26(18-19-11-10-12-20(25)17-19)15-8-4-2-3-5-9-16-27-23(28)21-13-6-7-14-22(21)24(27)29;/h6-7,10-14,17H,2-5,8-9,15-16,18H2,1H3;1H. The Morgan fingerprint density at radius 1 is 0.833 bits per heavy atom. The molecule has 0 radical (unpaired) electrons. The van der Waals surface area contributed by atoms with Crippen LogP contribution in [-0.4, -0.2) is 41.8 Å². The highest BCUT2D eigenvalue weighted by Gasteiger charge is 2.34. The summed E-state index contributed by atoms with van der Waals surface area (Å²) in [6.45, 7) is 2.51. The Balaban J connectivity index is 0.00000320. The molecule has 30 heavy (non-hydrogen) atoms. The minimum absolute atomic E-state index is 0. The van der Waals surface area contributed by atoms with Gasteiger partial charge in [0.15, 0.2) is 0 Å². The molecule has 0 atom stereocenters. The first-order valence-electron chi connectivity index (χ1n) is 10.4. The fourth-order valence-electron chi connectivity index (χ4n) is 3.83. The van der Waals surface area contributed by atoms with Crippen molar-refractivity contribution in [3.05, 3.63) is 70.2 Å². The van der Waals surface area contributed by atoms with Crippen LogP contribution in [0.4, 0.5) is 0 Å². The van der Waals surface area contributed by atoms with E-state index < -0.39 is 0 Å². The summed E-state index contributed by atoms with van der Waals surface area (Å²) in [5, 5.41) is 0.789. The number of halogens is 2. The third-order valence-corrected chi connectivity index (χ3v) is 5.63. The number of hydrogen-bond donors (Lipinski definition) is 0. The first-order valence-corrected chi connectivity index (χ1v) is 10.8. The van der Waals surface area contributed by atoms with Crippen molar-refractivity contribution in [1.29, 1.82) is 0 Å². The second-order valence-electron chi connectivity index (χ2n) is 7.80. The molecule has 6 heteroatoms. The van der Waals surface area contributed by atoms with Gasteiger partial charge in [0.2, 0.25) is 0 Å². The molecule has 0 bridgehead atoms. The van der Waals surface area contributed by atoms with E-state index in [0.29, 0.717) is 17.7 Å². The first-order chi connectivity index (χ1) is 14.1. The molecular weight excluding hydrogens is 419 g/mol. The van der Waals surface area contributed by atoms with E-state index in [9.17, 15) is 9.59 Å². The zero-order chi connectivity index (χ0) is 20.6. The van der Waals surface area contributed by atoms with Crippen molar-refractivity contribution in [2.24, 2.45) is 0 Å². The third-order valence-electron chi connectivity index (χ3n) is 5.39. The SMILES string of the molecule is CN(CCCCCCCCN1C(=O)c2ccccc2C1=O)Cc1cccc(Cl)c1.Cl. The van der Waals surface area contributed by atoms with Crippen molar-refractivity contribution in [1.82, 2.24) is 9.80 Å². The Labute approximate surface area is 190 Å².